The summed E-state index contributed by atoms with van der Waals surface area (Å²) in [6.07, 6.45) is 4.60. The second-order valence-corrected chi connectivity index (χ2v) is 8.61. The molecule has 0 radical (unpaired) electrons. The minimum atomic E-state index is 0.000924. The summed E-state index contributed by atoms with van der Waals surface area (Å²) in [5.74, 6) is 4.14. The number of aromatic nitrogens is 1. The molecule has 31 heavy (non-hydrogen) atoms. The highest BCUT2D eigenvalue weighted by molar-refractivity contribution is 5.79. The van der Waals surface area contributed by atoms with Gasteiger partial charge in [0.15, 0.2) is 5.82 Å². The molecule has 1 N–H and O–H groups in total. The molecule has 0 amide bonds. The van der Waals surface area contributed by atoms with Crippen LogP contribution in [0.5, 0.6) is 5.75 Å². The number of rotatable bonds is 9. The van der Waals surface area contributed by atoms with Crippen LogP contribution >= 0.6 is 0 Å². The van der Waals surface area contributed by atoms with Crippen molar-refractivity contribution in [2.45, 2.75) is 45.6 Å². The predicted octanol–water partition coefficient (Wildman–Crippen LogP) is 6.48. The molecule has 4 aromatic rings. The van der Waals surface area contributed by atoms with E-state index in [0.717, 1.165) is 59.4 Å². The summed E-state index contributed by atoms with van der Waals surface area (Å²) in [7, 11) is 0. The molecule has 1 aliphatic carbocycles. The average molecular weight is 417 g/mol. The molecule has 5 nitrogen and oxygen atoms in total. The molecule has 2 aromatic heterocycles. The topological polar surface area (TPSA) is 60.4 Å². The molecule has 1 saturated carbocycles. The van der Waals surface area contributed by atoms with Crippen LogP contribution in [0.4, 0.5) is 5.82 Å². The van der Waals surface area contributed by atoms with Crippen LogP contribution in [0.3, 0.4) is 0 Å². The Labute approximate surface area is 182 Å². The first-order valence-electron chi connectivity index (χ1n) is 11.1. The number of anilines is 1. The van der Waals surface area contributed by atoms with Crippen LogP contribution in [-0.2, 0) is 12.8 Å². The Morgan fingerprint density at radius 2 is 1.81 bits per heavy atom. The van der Waals surface area contributed by atoms with E-state index in [1.165, 1.54) is 24.0 Å². The van der Waals surface area contributed by atoms with E-state index < -0.39 is 0 Å². The van der Waals surface area contributed by atoms with Crippen LogP contribution in [0.25, 0.3) is 11.0 Å². The maximum absolute atomic E-state index is 6.13. The predicted molar refractivity (Wildman–Crippen MR) is 122 cm³/mol. The van der Waals surface area contributed by atoms with Crippen LogP contribution in [0, 0.1) is 12.8 Å². The monoisotopic (exact) mass is 416 g/mol. The molecule has 5 rings (SSSR count). The molecule has 5 heteroatoms. The zero-order valence-electron chi connectivity index (χ0n) is 18.1. The first kappa shape index (κ1) is 19.7. The Hall–Kier alpha value is -3.21. The number of hydrogen-bond donors (Lipinski definition) is 1. The fourth-order valence-electron chi connectivity index (χ4n) is 3.73. The minimum absolute atomic E-state index is 0.000924. The molecule has 0 bridgehead atoms. The van der Waals surface area contributed by atoms with Gasteiger partial charge in [0.25, 0.3) is 0 Å². The number of ether oxygens (including phenoxy) is 1. The van der Waals surface area contributed by atoms with Crippen LogP contribution in [0.2, 0.25) is 0 Å². The standard InChI is InChI=1S/C26H28N2O3/c1-17-13-26(28-31-17)27-18(2)24-15-22-10-7-20(14-25(22)30-24)4-3-19-8-11-23(12-9-19)29-16-21-5-6-21/h7-15,18,21H,3-6,16H2,1-2H3,(H,27,28). The van der Waals surface area contributed by atoms with Crippen molar-refractivity contribution in [2.75, 3.05) is 11.9 Å². The smallest absolute Gasteiger partial charge is 0.170 e. The lowest BCUT2D eigenvalue weighted by molar-refractivity contribution is 0.299. The second kappa shape index (κ2) is 8.50. The van der Waals surface area contributed by atoms with Crippen molar-refractivity contribution in [1.82, 2.24) is 5.16 Å². The molecule has 1 atom stereocenters. The number of aryl methyl sites for hydroxylation is 3. The Kier molecular flexibility index (Phi) is 5.41. The van der Waals surface area contributed by atoms with Crippen LogP contribution in [0.15, 0.2) is 63.5 Å². The first-order chi connectivity index (χ1) is 15.1. The molecule has 1 fully saturated rings. The maximum atomic E-state index is 6.13. The molecule has 1 aliphatic rings. The van der Waals surface area contributed by atoms with E-state index in [1.807, 2.05) is 13.0 Å². The average Bonchev–Trinajstić information content (AvgIpc) is 3.37. The van der Waals surface area contributed by atoms with Crippen LogP contribution in [-0.4, -0.2) is 11.8 Å². The van der Waals surface area contributed by atoms with Crippen molar-refractivity contribution in [3.63, 3.8) is 0 Å². The fraction of sp³-hybridized carbons (Fsp3) is 0.346. The van der Waals surface area contributed by atoms with Gasteiger partial charge in [-0.1, -0.05) is 29.4 Å². The molecule has 1 unspecified atom stereocenters. The highest BCUT2D eigenvalue weighted by atomic mass is 16.5. The van der Waals surface area contributed by atoms with Crippen molar-refractivity contribution >= 4 is 16.8 Å². The van der Waals surface area contributed by atoms with E-state index in [4.69, 9.17) is 13.7 Å². The van der Waals surface area contributed by atoms with Gasteiger partial charge in [-0.05, 0) is 80.8 Å². The zero-order chi connectivity index (χ0) is 21.2. The third-order valence-electron chi connectivity index (χ3n) is 5.83. The van der Waals surface area contributed by atoms with E-state index in [1.54, 1.807) is 0 Å². The summed E-state index contributed by atoms with van der Waals surface area (Å²) in [4.78, 5) is 0. The summed E-state index contributed by atoms with van der Waals surface area (Å²) in [6.45, 7) is 4.79. The van der Waals surface area contributed by atoms with Gasteiger partial charge in [0.1, 0.15) is 22.9 Å². The lowest BCUT2D eigenvalue weighted by Crippen LogP contribution is -2.05. The van der Waals surface area contributed by atoms with Gasteiger partial charge < -0.3 is 19.0 Å². The van der Waals surface area contributed by atoms with Crippen molar-refractivity contribution in [3.05, 3.63) is 77.2 Å². The van der Waals surface area contributed by atoms with Crippen LogP contribution < -0.4 is 10.1 Å². The number of benzene rings is 2. The molecule has 160 valence electrons. The van der Waals surface area contributed by atoms with Crippen molar-refractivity contribution in [1.29, 1.82) is 0 Å². The lowest BCUT2D eigenvalue weighted by atomic mass is 10.0. The van der Waals surface area contributed by atoms with Gasteiger partial charge in [-0.2, -0.15) is 0 Å². The molecular weight excluding hydrogens is 388 g/mol. The van der Waals surface area contributed by atoms with E-state index in [2.05, 4.69) is 65.9 Å². The van der Waals surface area contributed by atoms with E-state index in [-0.39, 0.29) is 6.04 Å². The summed E-state index contributed by atoms with van der Waals surface area (Å²) in [6, 6.07) is 19.0. The normalized spacial score (nSPS) is 14.6. The van der Waals surface area contributed by atoms with E-state index >= 15 is 0 Å². The second-order valence-electron chi connectivity index (χ2n) is 8.61. The third-order valence-corrected chi connectivity index (χ3v) is 5.83. The molecular formula is C26H28N2O3. The van der Waals surface area contributed by atoms with Gasteiger partial charge in [-0.3, -0.25) is 0 Å². The van der Waals surface area contributed by atoms with Gasteiger partial charge >= 0.3 is 0 Å². The molecule has 2 aromatic carbocycles. The Morgan fingerprint density at radius 3 is 2.55 bits per heavy atom. The third kappa shape index (κ3) is 4.93. The SMILES string of the molecule is Cc1cc(NC(C)c2cc3ccc(CCc4ccc(OCC5CC5)cc4)cc3o2)no1. The molecule has 2 heterocycles. The highest BCUT2D eigenvalue weighted by Crippen LogP contribution is 2.30. The van der Waals surface area contributed by atoms with Gasteiger partial charge in [0, 0.05) is 11.5 Å². The number of furan rings is 1. The number of hydrogen-bond acceptors (Lipinski definition) is 5. The van der Waals surface area contributed by atoms with Gasteiger partial charge in [-0.25, -0.2) is 0 Å². The van der Waals surface area contributed by atoms with Crippen molar-refractivity contribution in [2.24, 2.45) is 5.92 Å². The van der Waals surface area contributed by atoms with Gasteiger partial charge in [0.05, 0.1) is 12.6 Å². The number of nitrogens with one attached hydrogen (secondary N) is 1. The summed E-state index contributed by atoms with van der Waals surface area (Å²) in [5.41, 5.74) is 3.51. The Bertz CT molecular complexity index is 1160. The summed E-state index contributed by atoms with van der Waals surface area (Å²) < 4.78 is 17.1. The number of nitrogens with zero attached hydrogens (tertiary/aromatic N) is 1. The molecule has 0 aliphatic heterocycles. The Morgan fingerprint density at radius 1 is 1.03 bits per heavy atom. The van der Waals surface area contributed by atoms with Crippen molar-refractivity contribution < 1.29 is 13.7 Å². The molecule has 0 spiro atoms. The minimum Gasteiger partial charge on any atom is -0.493 e. The van der Waals surface area contributed by atoms with Gasteiger partial charge in [0.2, 0.25) is 0 Å². The largest absolute Gasteiger partial charge is 0.493 e. The lowest BCUT2D eigenvalue weighted by Gasteiger charge is -2.08. The van der Waals surface area contributed by atoms with E-state index in [9.17, 15) is 0 Å². The van der Waals surface area contributed by atoms with Crippen molar-refractivity contribution in [3.8, 4) is 5.75 Å². The van der Waals surface area contributed by atoms with Crippen LogP contribution in [0.1, 0.15) is 48.5 Å². The first-order valence-corrected chi connectivity index (χ1v) is 11.1. The summed E-state index contributed by atoms with van der Waals surface area (Å²) in [5, 5.41) is 8.42. The van der Waals surface area contributed by atoms with E-state index in [0.29, 0.717) is 0 Å². The van der Waals surface area contributed by atoms with Gasteiger partial charge in [-0.15, -0.1) is 0 Å². The summed E-state index contributed by atoms with van der Waals surface area (Å²) >= 11 is 0. The quantitative estimate of drug-likeness (QED) is 0.338. The Balaban J connectivity index is 1.20. The molecule has 0 saturated heterocycles. The number of fused-ring (bicyclic) bond motifs is 1. The maximum Gasteiger partial charge on any atom is 0.170 e. The zero-order valence-corrected chi connectivity index (χ0v) is 18.1. The highest BCUT2D eigenvalue weighted by Gasteiger charge is 2.21. The fourth-order valence-corrected chi connectivity index (χ4v) is 3.73.